The molecule has 0 aliphatic rings. The number of carbonyl (C=O) groups is 1. The molecule has 106 valence electrons. The van der Waals surface area contributed by atoms with Crippen LogP contribution in [0, 0.1) is 13.8 Å². The fraction of sp³-hybridized carbons (Fsp3) is 0.357. The van der Waals surface area contributed by atoms with Gasteiger partial charge in [-0.3, -0.25) is 10.1 Å². The van der Waals surface area contributed by atoms with Gasteiger partial charge in [0.2, 0.25) is 5.13 Å². The third-order valence-electron chi connectivity index (χ3n) is 2.70. The third-order valence-corrected chi connectivity index (χ3v) is 3.69. The van der Waals surface area contributed by atoms with Crippen LogP contribution in [0.25, 0.3) is 0 Å². The maximum Gasteiger partial charge on any atom is 0.264 e. The molecule has 1 heterocycles. The zero-order valence-corrected chi connectivity index (χ0v) is 12.6. The van der Waals surface area contributed by atoms with Gasteiger partial charge in [0.1, 0.15) is 10.8 Å². The van der Waals surface area contributed by atoms with Crippen molar-refractivity contribution in [3.8, 4) is 5.75 Å². The van der Waals surface area contributed by atoms with E-state index >= 15 is 0 Å². The standard InChI is InChI=1S/C14H17N3O2S/c1-4-13-16-17-14(20-13)15-12(18)8-19-11-6-5-9(2)7-10(11)3/h5-7H,4,8H2,1-3H3,(H,15,17,18). The second-order valence-corrected chi connectivity index (χ2v) is 5.52. The van der Waals surface area contributed by atoms with E-state index in [2.05, 4.69) is 15.5 Å². The second-order valence-electron chi connectivity index (χ2n) is 4.46. The highest BCUT2D eigenvalue weighted by Gasteiger charge is 2.09. The van der Waals surface area contributed by atoms with Gasteiger partial charge in [0.05, 0.1) is 0 Å². The second kappa shape index (κ2) is 6.47. The quantitative estimate of drug-likeness (QED) is 0.920. The summed E-state index contributed by atoms with van der Waals surface area (Å²) >= 11 is 1.38. The van der Waals surface area contributed by atoms with Gasteiger partial charge >= 0.3 is 0 Å². The summed E-state index contributed by atoms with van der Waals surface area (Å²) in [5, 5.41) is 11.9. The van der Waals surface area contributed by atoms with Gasteiger partial charge in [0, 0.05) is 0 Å². The molecule has 0 atom stereocenters. The van der Waals surface area contributed by atoms with Gasteiger partial charge in [-0.05, 0) is 31.9 Å². The highest BCUT2D eigenvalue weighted by molar-refractivity contribution is 7.15. The van der Waals surface area contributed by atoms with Gasteiger partial charge in [-0.15, -0.1) is 10.2 Å². The van der Waals surface area contributed by atoms with Crippen molar-refractivity contribution in [3.63, 3.8) is 0 Å². The van der Waals surface area contributed by atoms with Gasteiger partial charge in [0.15, 0.2) is 6.61 Å². The number of anilines is 1. The van der Waals surface area contributed by atoms with Crippen LogP contribution in [0.3, 0.4) is 0 Å². The number of nitrogens with zero attached hydrogens (tertiary/aromatic N) is 2. The van der Waals surface area contributed by atoms with Crippen molar-refractivity contribution in [2.75, 3.05) is 11.9 Å². The summed E-state index contributed by atoms with van der Waals surface area (Å²) in [4.78, 5) is 11.8. The zero-order valence-electron chi connectivity index (χ0n) is 11.8. The normalized spacial score (nSPS) is 10.3. The molecule has 0 radical (unpaired) electrons. The largest absolute Gasteiger partial charge is 0.483 e. The summed E-state index contributed by atoms with van der Waals surface area (Å²) in [5.74, 6) is 0.487. The molecule has 1 amide bonds. The van der Waals surface area contributed by atoms with Crippen molar-refractivity contribution in [2.24, 2.45) is 0 Å². The van der Waals surface area contributed by atoms with Crippen LogP contribution in [-0.2, 0) is 11.2 Å². The minimum Gasteiger partial charge on any atom is -0.483 e. The van der Waals surface area contributed by atoms with Crippen LogP contribution in [0.15, 0.2) is 18.2 Å². The molecule has 20 heavy (non-hydrogen) atoms. The maximum absolute atomic E-state index is 11.8. The molecular weight excluding hydrogens is 274 g/mol. The lowest BCUT2D eigenvalue weighted by atomic mass is 10.1. The van der Waals surface area contributed by atoms with E-state index in [9.17, 15) is 4.79 Å². The Labute approximate surface area is 122 Å². The molecule has 0 bridgehead atoms. The predicted octanol–water partition coefficient (Wildman–Crippen LogP) is 2.73. The highest BCUT2D eigenvalue weighted by Crippen LogP contribution is 2.19. The first-order valence-electron chi connectivity index (χ1n) is 6.40. The van der Waals surface area contributed by atoms with Crippen LogP contribution >= 0.6 is 11.3 Å². The molecule has 2 aromatic rings. The lowest BCUT2D eigenvalue weighted by Gasteiger charge is -2.09. The number of hydrogen-bond acceptors (Lipinski definition) is 5. The van der Waals surface area contributed by atoms with E-state index in [4.69, 9.17) is 4.74 Å². The van der Waals surface area contributed by atoms with Crippen LogP contribution in [0.1, 0.15) is 23.1 Å². The molecule has 0 aliphatic carbocycles. The number of amides is 1. The number of rotatable bonds is 5. The number of aromatic nitrogens is 2. The molecule has 1 N–H and O–H groups in total. The van der Waals surface area contributed by atoms with Crippen molar-refractivity contribution in [1.82, 2.24) is 10.2 Å². The van der Waals surface area contributed by atoms with Gasteiger partial charge in [0.25, 0.3) is 5.91 Å². The van der Waals surface area contributed by atoms with Crippen LogP contribution in [0.2, 0.25) is 0 Å². The molecule has 6 heteroatoms. The topological polar surface area (TPSA) is 64.1 Å². The molecule has 0 aliphatic heterocycles. The summed E-state index contributed by atoms with van der Waals surface area (Å²) in [6.07, 6.45) is 0.812. The van der Waals surface area contributed by atoms with E-state index in [-0.39, 0.29) is 12.5 Å². The Morgan fingerprint density at radius 2 is 2.15 bits per heavy atom. The molecule has 0 unspecified atom stereocenters. The van der Waals surface area contributed by atoms with Crippen molar-refractivity contribution < 1.29 is 9.53 Å². The van der Waals surface area contributed by atoms with Crippen LogP contribution in [-0.4, -0.2) is 22.7 Å². The van der Waals surface area contributed by atoms with E-state index in [0.29, 0.717) is 5.13 Å². The van der Waals surface area contributed by atoms with Gasteiger partial charge in [-0.2, -0.15) is 0 Å². The summed E-state index contributed by atoms with van der Waals surface area (Å²) in [6.45, 7) is 5.93. The van der Waals surface area contributed by atoms with Gasteiger partial charge < -0.3 is 4.74 Å². The summed E-state index contributed by atoms with van der Waals surface area (Å²) in [5.41, 5.74) is 2.18. The summed E-state index contributed by atoms with van der Waals surface area (Å²) in [6, 6.07) is 5.85. The predicted molar refractivity (Wildman–Crippen MR) is 79.3 cm³/mol. The number of carbonyl (C=O) groups excluding carboxylic acids is 1. The average molecular weight is 291 g/mol. The zero-order chi connectivity index (χ0) is 14.5. The van der Waals surface area contributed by atoms with E-state index in [0.717, 1.165) is 22.7 Å². The van der Waals surface area contributed by atoms with Crippen molar-refractivity contribution >= 4 is 22.4 Å². The molecule has 0 saturated heterocycles. The Balaban J connectivity index is 1.88. The minimum atomic E-state index is -0.233. The minimum absolute atomic E-state index is 0.0368. The fourth-order valence-electron chi connectivity index (χ4n) is 1.71. The molecule has 2 rings (SSSR count). The molecule has 0 saturated carbocycles. The number of ether oxygens (including phenoxy) is 1. The first kappa shape index (κ1) is 14.5. The number of aryl methyl sites for hydroxylation is 3. The summed E-state index contributed by atoms with van der Waals surface area (Å²) in [7, 11) is 0. The number of benzene rings is 1. The van der Waals surface area contributed by atoms with E-state index in [1.807, 2.05) is 39.0 Å². The first-order valence-corrected chi connectivity index (χ1v) is 7.22. The fourth-order valence-corrected chi connectivity index (χ4v) is 2.40. The average Bonchev–Trinajstić information content (AvgIpc) is 2.85. The van der Waals surface area contributed by atoms with Crippen LogP contribution < -0.4 is 10.1 Å². The van der Waals surface area contributed by atoms with E-state index in [1.165, 1.54) is 16.9 Å². The maximum atomic E-state index is 11.8. The monoisotopic (exact) mass is 291 g/mol. The van der Waals surface area contributed by atoms with Crippen molar-refractivity contribution in [1.29, 1.82) is 0 Å². The highest BCUT2D eigenvalue weighted by atomic mass is 32.1. The molecule has 0 spiro atoms. The molecular formula is C14H17N3O2S. The number of hydrogen-bond donors (Lipinski definition) is 1. The van der Waals surface area contributed by atoms with Gasteiger partial charge in [-0.1, -0.05) is 36.0 Å². The van der Waals surface area contributed by atoms with Crippen molar-refractivity contribution in [3.05, 3.63) is 34.3 Å². The summed E-state index contributed by atoms with van der Waals surface area (Å²) < 4.78 is 5.50. The Kier molecular flexibility index (Phi) is 4.68. The van der Waals surface area contributed by atoms with Crippen LogP contribution in [0.4, 0.5) is 5.13 Å². The smallest absolute Gasteiger partial charge is 0.264 e. The Hall–Kier alpha value is -1.95. The Bertz CT molecular complexity index is 610. The molecule has 5 nitrogen and oxygen atoms in total. The lowest BCUT2D eigenvalue weighted by Crippen LogP contribution is -2.20. The first-order chi connectivity index (χ1) is 9.58. The van der Waals surface area contributed by atoms with Gasteiger partial charge in [-0.25, -0.2) is 0 Å². The third kappa shape index (κ3) is 3.77. The Morgan fingerprint density at radius 3 is 2.80 bits per heavy atom. The SMILES string of the molecule is CCc1nnc(NC(=O)COc2ccc(C)cc2C)s1. The lowest BCUT2D eigenvalue weighted by molar-refractivity contribution is -0.118. The van der Waals surface area contributed by atoms with Crippen LogP contribution in [0.5, 0.6) is 5.75 Å². The Morgan fingerprint density at radius 1 is 1.35 bits per heavy atom. The van der Waals surface area contributed by atoms with Crippen molar-refractivity contribution in [2.45, 2.75) is 27.2 Å². The molecule has 0 fully saturated rings. The molecule has 1 aromatic heterocycles. The number of nitrogens with one attached hydrogen (secondary N) is 1. The molecule has 1 aromatic carbocycles. The van der Waals surface area contributed by atoms with E-state index < -0.39 is 0 Å². The van der Waals surface area contributed by atoms with E-state index in [1.54, 1.807) is 0 Å².